The summed E-state index contributed by atoms with van der Waals surface area (Å²) < 4.78 is 18.3. The van der Waals surface area contributed by atoms with Crippen molar-refractivity contribution in [1.29, 1.82) is 0 Å². The number of aromatic nitrogens is 1. The summed E-state index contributed by atoms with van der Waals surface area (Å²) in [5.74, 6) is -1.10. The molecule has 0 fully saturated rings. The molecule has 0 aliphatic rings. The summed E-state index contributed by atoms with van der Waals surface area (Å²) in [6.07, 6.45) is 1.96. The van der Waals surface area contributed by atoms with Gasteiger partial charge in [-0.25, -0.2) is 19.6 Å². The van der Waals surface area contributed by atoms with Gasteiger partial charge in [0.1, 0.15) is 5.82 Å². The molecule has 0 spiro atoms. The Bertz CT molecular complexity index is 1210. The molecule has 3 aromatic rings. The Morgan fingerprint density at radius 3 is 2.71 bits per heavy atom. The molecule has 2 amide bonds. The first-order chi connectivity index (χ1) is 16.3. The number of halogens is 2. The van der Waals surface area contributed by atoms with E-state index < -0.39 is 11.8 Å². The predicted molar refractivity (Wildman–Crippen MR) is 123 cm³/mol. The molecule has 0 bridgehead atoms. The van der Waals surface area contributed by atoms with E-state index in [-0.39, 0.29) is 36.4 Å². The number of carbonyl (C=O) groups excluding carboxylic acids is 3. The van der Waals surface area contributed by atoms with Gasteiger partial charge >= 0.3 is 5.97 Å². The van der Waals surface area contributed by atoms with Gasteiger partial charge in [0.2, 0.25) is 12.3 Å². The molecule has 34 heavy (non-hydrogen) atoms. The van der Waals surface area contributed by atoms with E-state index in [2.05, 4.69) is 10.4 Å². The third-order valence-electron chi connectivity index (χ3n) is 4.87. The molecule has 11 heteroatoms. The monoisotopic (exact) mass is 488 g/mol. The zero-order chi connectivity index (χ0) is 24.7. The van der Waals surface area contributed by atoms with E-state index in [1.165, 1.54) is 37.4 Å². The molecule has 0 radical (unpaired) electrons. The smallest absolute Gasteiger partial charge is 0.337 e. The molecule has 0 aliphatic heterocycles. The fourth-order valence-electron chi connectivity index (χ4n) is 3.09. The van der Waals surface area contributed by atoms with Crippen LogP contribution in [0.25, 0.3) is 10.8 Å². The lowest BCUT2D eigenvalue weighted by Crippen LogP contribution is -2.44. The van der Waals surface area contributed by atoms with Gasteiger partial charge in [-0.2, -0.15) is 5.06 Å². The second-order valence-electron chi connectivity index (χ2n) is 7.08. The lowest BCUT2D eigenvalue weighted by molar-refractivity contribution is -0.133. The number of benzene rings is 2. The Hall–Kier alpha value is -3.60. The molecule has 1 heterocycles. The van der Waals surface area contributed by atoms with E-state index in [1.54, 1.807) is 30.3 Å². The highest BCUT2D eigenvalue weighted by atomic mass is 35.5. The minimum Gasteiger partial charge on any atom is -0.465 e. The molecule has 1 N–H and O–H groups in total. The topological polar surface area (TPSA) is 101 Å². The summed E-state index contributed by atoms with van der Waals surface area (Å²) >= 11 is 5.94. The Morgan fingerprint density at radius 2 is 2.00 bits per heavy atom. The average molecular weight is 489 g/mol. The second-order valence-corrected chi connectivity index (χ2v) is 7.46. The second kappa shape index (κ2) is 11.5. The summed E-state index contributed by atoms with van der Waals surface area (Å²) in [7, 11) is 1.30. The standard InChI is InChI=1S/C23H22ClFN4O5/c1-15(31)28(27-13-18-4-3-5-20(25)22(18)24)8-9-34-29(14-30)21-11-16-6-7-17(23(32)33-2)10-19(16)12-26-21/h3-7,10-12,14,27H,8-9,13H2,1-2H3. The highest BCUT2D eigenvalue weighted by molar-refractivity contribution is 6.31. The molecule has 0 saturated carbocycles. The molecule has 3 rings (SSSR count). The van der Waals surface area contributed by atoms with Gasteiger partial charge in [-0.15, -0.1) is 0 Å². The highest BCUT2D eigenvalue weighted by Gasteiger charge is 2.14. The number of hydrazine groups is 1. The van der Waals surface area contributed by atoms with Gasteiger partial charge in [0.05, 0.1) is 30.8 Å². The number of hydroxylamine groups is 1. The minimum absolute atomic E-state index is 0.0250. The third-order valence-corrected chi connectivity index (χ3v) is 5.29. The maximum atomic E-state index is 13.6. The summed E-state index contributed by atoms with van der Waals surface area (Å²) in [6, 6.07) is 11.0. The Balaban J connectivity index is 1.62. The van der Waals surface area contributed by atoms with Crippen LogP contribution >= 0.6 is 11.6 Å². The number of amides is 2. The zero-order valence-electron chi connectivity index (χ0n) is 18.5. The van der Waals surface area contributed by atoms with Gasteiger partial charge in [-0.3, -0.25) is 19.4 Å². The van der Waals surface area contributed by atoms with Crippen molar-refractivity contribution in [2.24, 2.45) is 0 Å². The van der Waals surface area contributed by atoms with Crippen LogP contribution in [0.1, 0.15) is 22.8 Å². The van der Waals surface area contributed by atoms with Gasteiger partial charge in [0.15, 0.2) is 5.82 Å². The summed E-state index contributed by atoms with van der Waals surface area (Å²) in [6.45, 7) is 1.52. The number of fused-ring (bicyclic) bond motifs is 1. The maximum Gasteiger partial charge on any atom is 0.337 e. The summed E-state index contributed by atoms with van der Waals surface area (Å²) in [5, 5.41) is 3.59. The van der Waals surface area contributed by atoms with Crippen molar-refractivity contribution in [3.63, 3.8) is 0 Å². The van der Waals surface area contributed by atoms with E-state index in [4.69, 9.17) is 21.2 Å². The van der Waals surface area contributed by atoms with Gasteiger partial charge in [-0.1, -0.05) is 29.8 Å². The average Bonchev–Trinajstić information content (AvgIpc) is 2.84. The number of rotatable bonds is 10. The number of hydrogen-bond donors (Lipinski definition) is 1. The fraction of sp³-hybridized carbons (Fsp3) is 0.217. The quantitative estimate of drug-likeness (QED) is 0.265. The number of methoxy groups -OCH3 is 1. The van der Waals surface area contributed by atoms with Crippen LogP contribution in [0.15, 0.2) is 48.7 Å². The molecular formula is C23H22ClFN4O5. The number of carbonyl (C=O) groups is 3. The summed E-state index contributed by atoms with van der Waals surface area (Å²) in [5.41, 5.74) is 3.74. The first kappa shape index (κ1) is 25.0. The van der Waals surface area contributed by atoms with Crippen molar-refractivity contribution in [2.75, 3.05) is 25.3 Å². The minimum atomic E-state index is -0.551. The molecule has 2 aromatic carbocycles. The van der Waals surface area contributed by atoms with Crippen LogP contribution in [0.4, 0.5) is 10.2 Å². The maximum absolute atomic E-state index is 13.6. The van der Waals surface area contributed by atoms with Crippen molar-refractivity contribution >= 4 is 46.5 Å². The lowest BCUT2D eigenvalue weighted by Gasteiger charge is -2.24. The van der Waals surface area contributed by atoms with E-state index >= 15 is 0 Å². The highest BCUT2D eigenvalue weighted by Crippen LogP contribution is 2.21. The fourth-order valence-corrected chi connectivity index (χ4v) is 3.28. The number of ether oxygens (including phenoxy) is 1. The number of anilines is 1. The van der Waals surface area contributed by atoms with Crippen molar-refractivity contribution in [1.82, 2.24) is 15.4 Å². The molecule has 1 aromatic heterocycles. The van der Waals surface area contributed by atoms with Crippen LogP contribution in [0.3, 0.4) is 0 Å². The largest absolute Gasteiger partial charge is 0.465 e. The van der Waals surface area contributed by atoms with Crippen LogP contribution in [0.2, 0.25) is 5.02 Å². The number of nitrogens with zero attached hydrogens (tertiary/aromatic N) is 3. The molecule has 0 saturated heterocycles. The van der Waals surface area contributed by atoms with Crippen LogP contribution in [0.5, 0.6) is 0 Å². The Labute approximate surface area is 199 Å². The van der Waals surface area contributed by atoms with Crippen LogP contribution in [0, 0.1) is 5.82 Å². The first-order valence-corrected chi connectivity index (χ1v) is 10.5. The molecule has 0 unspecified atom stereocenters. The predicted octanol–water partition coefficient (Wildman–Crippen LogP) is 3.26. The van der Waals surface area contributed by atoms with Gasteiger partial charge in [0.25, 0.3) is 0 Å². The van der Waals surface area contributed by atoms with E-state index in [9.17, 15) is 18.8 Å². The lowest BCUT2D eigenvalue weighted by atomic mass is 10.1. The number of hydrogen-bond acceptors (Lipinski definition) is 7. The van der Waals surface area contributed by atoms with Gasteiger partial charge < -0.3 is 4.74 Å². The Morgan fingerprint density at radius 1 is 1.21 bits per heavy atom. The van der Waals surface area contributed by atoms with Gasteiger partial charge in [-0.05, 0) is 35.2 Å². The van der Waals surface area contributed by atoms with Crippen molar-refractivity contribution in [3.8, 4) is 0 Å². The molecular weight excluding hydrogens is 467 g/mol. The molecule has 9 nitrogen and oxygen atoms in total. The van der Waals surface area contributed by atoms with Crippen LogP contribution < -0.4 is 10.5 Å². The first-order valence-electron chi connectivity index (χ1n) is 10.1. The third kappa shape index (κ3) is 6.04. The van der Waals surface area contributed by atoms with E-state index in [0.717, 1.165) is 10.4 Å². The molecule has 178 valence electrons. The zero-order valence-corrected chi connectivity index (χ0v) is 19.2. The summed E-state index contributed by atoms with van der Waals surface area (Å²) in [4.78, 5) is 44.9. The van der Waals surface area contributed by atoms with Crippen molar-refractivity contribution < 1.29 is 28.3 Å². The number of esters is 1. The van der Waals surface area contributed by atoms with Crippen LogP contribution in [-0.4, -0.2) is 48.5 Å². The SMILES string of the molecule is COC(=O)c1ccc2cc(N(C=O)OCCN(NCc3cccc(F)c3Cl)C(C)=O)ncc2c1. The molecule has 0 atom stereocenters. The van der Waals surface area contributed by atoms with Crippen molar-refractivity contribution in [3.05, 3.63) is 70.6 Å². The Kier molecular flexibility index (Phi) is 8.47. The molecule has 0 aliphatic carbocycles. The number of pyridine rings is 1. The number of nitrogens with one attached hydrogen (secondary N) is 1. The normalized spacial score (nSPS) is 10.7. The van der Waals surface area contributed by atoms with E-state index in [0.29, 0.717) is 22.9 Å². The van der Waals surface area contributed by atoms with Crippen LogP contribution in [-0.2, 0) is 25.7 Å². The van der Waals surface area contributed by atoms with E-state index in [1.807, 2.05) is 0 Å². The van der Waals surface area contributed by atoms with Crippen molar-refractivity contribution in [2.45, 2.75) is 13.5 Å². The van der Waals surface area contributed by atoms with Gasteiger partial charge in [0, 0.05) is 25.1 Å².